The van der Waals surface area contributed by atoms with Crippen LogP contribution in [0.15, 0.2) is 30.3 Å². The lowest BCUT2D eigenvalue weighted by atomic mass is 10.2. The highest BCUT2D eigenvalue weighted by molar-refractivity contribution is 7.80. The van der Waals surface area contributed by atoms with Crippen LogP contribution in [0.3, 0.4) is 0 Å². The Balaban J connectivity index is 2.99. The predicted octanol–water partition coefficient (Wildman–Crippen LogP) is 3.80. The van der Waals surface area contributed by atoms with E-state index in [-0.39, 0.29) is 5.40 Å². The Morgan fingerprint density at radius 1 is 0.938 bits per heavy atom. The van der Waals surface area contributed by atoms with E-state index in [2.05, 4.69) is 0 Å². The van der Waals surface area contributed by atoms with Gasteiger partial charge in [0, 0.05) is 0 Å². The summed E-state index contributed by atoms with van der Waals surface area (Å²) in [6, 6.07) is 9.86. The lowest BCUT2D eigenvalue weighted by Gasteiger charge is -2.25. The van der Waals surface area contributed by atoms with E-state index < -0.39 is 14.3 Å². The largest absolute Gasteiger partial charge is 0.323 e. The summed E-state index contributed by atoms with van der Waals surface area (Å²) < 4.78 is 24.4. The minimum atomic E-state index is -2.33. The zero-order valence-electron chi connectivity index (χ0n) is 10.4. The van der Waals surface area contributed by atoms with Crippen LogP contribution in [0, 0.1) is 0 Å². The molecule has 0 aliphatic carbocycles. The Hall–Kier alpha value is -0.320. The minimum absolute atomic E-state index is 0.192. The van der Waals surface area contributed by atoms with E-state index in [1.807, 2.05) is 30.3 Å². The zero-order valence-corrected chi connectivity index (χ0v) is 12.2. The van der Waals surface area contributed by atoms with Crippen molar-refractivity contribution in [1.29, 1.82) is 0 Å². The molecule has 0 fully saturated rings. The molecule has 0 atom stereocenters. The summed E-state index contributed by atoms with van der Waals surface area (Å²) in [5, 5.41) is -0.192. The second kappa shape index (κ2) is 4.90. The van der Waals surface area contributed by atoms with Crippen molar-refractivity contribution in [3.63, 3.8) is 0 Å². The Kier molecular flexibility index (Phi) is 4.21. The monoisotopic (exact) mass is 258 g/mol. The maximum Gasteiger partial charge on any atom is 0.0921 e. The van der Waals surface area contributed by atoms with Crippen LogP contribution in [0.4, 0.5) is 0 Å². The van der Waals surface area contributed by atoms with Crippen molar-refractivity contribution in [2.24, 2.45) is 0 Å². The van der Waals surface area contributed by atoms with E-state index in [0.29, 0.717) is 6.42 Å². The highest BCUT2D eigenvalue weighted by Crippen LogP contribution is 2.62. The average molecular weight is 258 g/mol. The summed E-state index contributed by atoms with van der Waals surface area (Å²) in [5.74, 6) is 0. The van der Waals surface area contributed by atoms with Gasteiger partial charge >= 0.3 is 0 Å². The van der Waals surface area contributed by atoms with E-state index in [4.69, 9.17) is 0 Å². The van der Waals surface area contributed by atoms with Crippen molar-refractivity contribution >= 4 is 14.3 Å². The van der Waals surface area contributed by atoms with Gasteiger partial charge in [-0.15, -0.1) is 0 Å². The van der Waals surface area contributed by atoms with Crippen LogP contribution in [-0.4, -0.2) is 32.1 Å². The summed E-state index contributed by atoms with van der Waals surface area (Å²) in [5.41, 5.74) is 1.11. The Bertz CT molecular complexity index is 406. The van der Waals surface area contributed by atoms with Gasteiger partial charge in [0.1, 0.15) is 0 Å². The zero-order chi connectivity index (χ0) is 12.4. The van der Waals surface area contributed by atoms with Crippen molar-refractivity contribution in [1.82, 2.24) is 0 Å². The Morgan fingerprint density at radius 3 is 1.75 bits per heavy atom. The van der Waals surface area contributed by atoms with Gasteiger partial charge in [0.15, 0.2) is 0 Å². The van der Waals surface area contributed by atoms with Crippen molar-refractivity contribution in [3.05, 3.63) is 35.9 Å². The van der Waals surface area contributed by atoms with Crippen LogP contribution in [0.1, 0.15) is 5.56 Å². The number of rotatable bonds is 4. The van der Waals surface area contributed by atoms with Crippen LogP contribution in [0.2, 0.25) is 0 Å². The molecule has 16 heavy (non-hydrogen) atoms. The lowest BCUT2D eigenvalue weighted by Crippen LogP contribution is -2.11. The second-order valence-electron chi connectivity index (χ2n) is 5.04. The molecule has 0 heterocycles. The highest BCUT2D eigenvalue weighted by Gasteiger charge is 2.33. The van der Waals surface area contributed by atoms with Gasteiger partial charge in [0.2, 0.25) is 0 Å². The topological polar surface area (TPSA) is 34.1 Å². The minimum Gasteiger partial charge on any atom is -0.323 e. The van der Waals surface area contributed by atoms with E-state index in [1.165, 1.54) is 0 Å². The molecule has 1 rings (SSSR count). The van der Waals surface area contributed by atoms with Gasteiger partial charge < -0.3 is 9.13 Å². The predicted molar refractivity (Wildman–Crippen MR) is 72.8 cm³/mol. The molecule has 0 aromatic heterocycles. The molecule has 0 saturated heterocycles. The Labute approximate surface area is 98.2 Å². The van der Waals surface area contributed by atoms with E-state index in [9.17, 15) is 9.13 Å². The molecule has 0 unspecified atom stereocenters. The first-order valence-electron chi connectivity index (χ1n) is 5.34. The Morgan fingerprint density at radius 2 is 1.38 bits per heavy atom. The molecule has 1 aromatic rings. The third-order valence-corrected chi connectivity index (χ3v) is 9.27. The van der Waals surface area contributed by atoms with Gasteiger partial charge in [0.25, 0.3) is 0 Å². The van der Waals surface area contributed by atoms with Gasteiger partial charge in [-0.2, -0.15) is 0 Å². The molecule has 0 bridgehead atoms. The standard InChI is InChI=1S/C12H20O2P2/c1-15(2,13)12(16(3,4)14)10-11-8-6-5-7-9-11/h5-9,12H,10H2,1-4H3. The maximum absolute atomic E-state index is 12.2. The van der Waals surface area contributed by atoms with Crippen LogP contribution < -0.4 is 0 Å². The van der Waals surface area contributed by atoms with Crippen LogP contribution in [0.5, 0.6) is 0 Å². The van der Waals surface area contributed by atoms with Crippen molar-refractivity contribution in [2.75, 3.05) is 26.7 Å². The van der Waals surface area contributed by atoms with Gasteiger partial charge in [-0.1, -0.05) is 30.3 Å². The molecule has 0 N–H and O–H groups in total. The fraction of sp³-hybridized carbons (Fsp3) is 0.500. The molecule has 2 nitrogen and oxygen atoms in total. The van der Waals surface area contributed by atoms with Crippen LogP contribution >= 0.6 is 14.3 Å². The molecule has 0 radical (unpaired) electrons. The van der Waals surface area contributed by atoms with Gasteiger partial charge in [-0.25, -0.2) is 0 Å². The highest BCUT2D eigenvalue weighted by atomic mass is 31.2. The fourth-order valence-corrected chi connectivity index (χ4v) is 8.59. The van der Waals surface area contributed by atoms with Gasteiger partial charge in [-0.05, 0) is 38.6 Å². The van der Waals surface area contributed by atoms with Crippen LogP contribution in [0.25, 0.3) is 0 Å². The van der Waals surface area contributed by atoms with Crippen molar-refractivity contribution in [3.8, 4) is 0 Å². The third kappa shape index (κ3) is 3.92. The number of benzene rings is 1. The molecule has 1 aromatic carbocycles. The van der Waals surface area contributed by atoms with Gasteiger partial charge in [0.05, 0.1) is 19.7 Å². The second-order valence-corrected chi connectivity index (χ2v) is 12.4. The summed E-state index contributed by atoms with van der Waals surface area (Å²) >= 11 is 0. The molecule has 0 amide bonds. The SMILES string of the molecule is CP(C)(=O)C(Cc1ccccc1)P(C)(C)=O. The molecule has 0 saturated carbocycles. The summed E-state index contributed by atoms with van der Waals surface area (Å²) in [4.78, 5) is 0. The summed E-state index contributed by atoms with van der Waals surface area (Å²) in [6.45, 7) is 6.95. The van der Waals surface area contributed by atoms with E-state index in [0.717, 1.165) is 5.56 Å². The molecule has 0 aliphatic heterocycles. The first kappa shape index (κ1) is 13.7. The smallest absolute Gasteiger partial charge is 0.0921 e. The van der Waals surface area contributed by atoms with E-state index in [1.54, 1.807) is 26.7 Å². The normalized spacial score (nSPS) is 13.1. The van der Waals surface area contributed by atoms with Crippen LogP contribution in [-0.2, 0) is 15.6 Å². The fourth-order valence-electron chi connectivity index (χ4n) is 1.93. The first-order chi connectivity index (χ1) is 7.21. The van der Waals surface area contributed by atoms with E-state index >= 15 is 0 Å². The van der Waals surface area contributed by atoms with Crippen molar-refractivity contribution in [2.45, 2.75) is 11.8 Å². The van der Waals surface area contributed by atoms with Gasteiger partial charge in [-0.3, -0.25) is 0 Å². The third-order valence-electron chi connectivity index (χ3n) is 2.70. The molecular weight excluding hydrogens is 238 g/mol. The molecular formula is C12H20O2P2. The average Bonchev–Trinajstić information content (AvgIpc) is 2.12. The quantitative estimate of drug-likeness (QED) is 0.770. The molecule has 0 aliphatic rings. The lowest BCUT2D eigenvalue weighted by molar-refractivity contribution is 0.566. The van der Waals surface area contributed by atoms with Crippen molar-refractivity contribution < 1.29 is 9.13 Å². The molecule has 4 heteroatoms. The maximum atomic E-state index is 12.2. The first-order valence-corrected chi connectivity index (χ1v) is 10.7. The summed E-state index contributed by atoms with van der Waals surface area (Å²) in [6.07, 6.45) is 0.648. The molecule has 90 valence electrons. The summed E-state index contributed by atoms with van der Waals surface area (Å²) in [7, 11) is -4.65. The number of hydrogen-bond acceptors (Lipinski definition) is 2. The molecule has 0 spiro atoms. The number of hydrogen-bond donors (Lipinski definition) is 0.